The van der Waals surface area contributed by atoms with Crippen molar-refractivity contribution in [1.29, 1.82) is 0 Å². The van der Waals surface area contributed by atoms with E-state index in [-0.39, 0.29) is 16.7 Å². The minimum atomic E-state index is -3.88. The van der Waals surface area contributed by atoms with Gasteiger partial charge in [-0.05, 0) is 53.5 Å². The molecule has 0 amide bonds. The number of rotatable bonds is 6. The lowest BCUT2D eigenvalue weighted by molar-refractivity contribution is 0.475. The van der Waals surface area contributed by atoms with E-state index >= 15 is 0 Å². The van der Waals surface area contributed by atoms with E-state index < -0.39 is 10.1 Å². The van der Waals surface area contributed by atoms with Gasteiger partial charge < -0.3 is 4.18 Å². The maximum absolute atomic E-state index is 12.9. The molecule has 2 aromatic rings. The van der Waals surface area contributed by atoms with Gasteiger partial charge in [-0.15, -0.1) is 0 Å². The van der Waals surface area contributed by atoms with E-state index in [4.69, 9.17) is 4.18 Å². The van der Waals surface area contributed by atoms with Gasteiger partial charge in [0.15, 0.2) is 0 Å². The lowest BCUT2D eigenvalue weighted by Crippen LogP contribution is -2.14. The largest absolute Gasteiger partial charge is 0.378 e. The molecule has 0 bridgehead atoms. The molecule has 2 aromatic carbocycles. The fourth-order valence-corrected chi connectivity index (χ4v) is 3.83. The maximum Gasteiger partial charge on any atom is 0.339 e. The summed E-state index contributed by atoms with van der Waals surface area (Å²) in [5, 5.41) is 0. The Morgan fingerprint density at radius 3 is 1.62 bits per heavy atom. The highest BCUT2D eigenvalue weighted by atomic mass is 32.2. The molecule has 4 heteroatoms. The zero-order valence-electron chi connectivity index (χ0n) is 16.8. The molecule has 26 heavy (non-hydrogen) atoms. The molecule has 0 atom stereocenters. The van der Waals surface area contributed by atoms with Crippen molar-refractivity contribution in [2.24, 2.45) is 0 Å². The van der Waals surface area contributed by atoms with E-state index in [9.17, 15) is 8.42 Å². The Labute approximate surface area is 158 Å². The lowest BCUT2D eigenvalue weighted by atomic mass is 9.88. The molecule has 2 rings (SSSR count). The van der Waals surface area contributed by atoms with E-state index in [1.54, 1.807) is 24.3 Å². The SMILES string of the molecule is Cc1ccc(S(=O)(=O)Oc2c(C(C)C)cc(C(C)C)cc2C(C)C)cc1. The highest BCUT2D eigenvalue weighted by Crippen LogP contribution is 2.39. The van der Waals surface area contributed by atoms with Crippen LogP contribution in [0.25, 0.3) is 0 Å². The van der Waals surface area contributed by atoms with Crippen molar-refractivity contribution in [3.8, 4) is 5.75 Å². The molecule has 0 saturated heterocycles. The van der Waals surface area contributed by atoms with Gasteiger partial charge in [-0.25, -0.2) is 0 Å². The molecule has 0 N–H and O–H groups in total. The smallest absolute Gasteiger partial charge is 0.339 e. The van der Waals surface area contributed by atoms with Gasteiger partial charge >= 0.3 is 10.1 Å². The first kappa shape index (κ1) is 20.5. The standard InChI is InChI=1S/C22H30O3S/c1-14(2)18-12-20(15(3)4)22(21(13-18)16(5)6)25-26(23,24)19-10-8-17(7)9-11-19/h8-16H,1-7H3. The average molecular weight is 375 g/mol. The zero-order valence-corrected chi connectivity index (χ0v) is 17.6. The Bertz CT molecular complexity index is 832. The van der Waals surface area contributed by atoms with E-state index in [1.807, 2.05) is 6.92 Å². The summed E-state index contributed by atoms with van der Waals surface area (Å²) in [6, 6.07) is 10.9. The Morgan fingerprint density at radius 1 is 0.769 bits per heavy atom. The Balaban J connectivity index is 2.61. The van der Waals surface area contributed by atoms with Crippen molar-refractivity contribution in [2.75, 3.05) is 0 Å². The van der Waals surface area contributed by atoms with Gasteiger partial charge in [-0.1, -0.05) is 71.4 Å². The first-order chi connectivity index (χ1) is 12.0. The Kier molecular flexibility index (Phi) is 6.17. The molecule has 0 spiro atoms. The van der Waals surface area contributed by atoms with Gasteiger partial charge in [-0.2, -0.15) is 8.42 Å². The second kappa shape index (κ2) is 7.83. The van der Waals surface area contributed by atoms with E-state index in [0.29, 0.717) is 11.7 Å². The lowest BCUT2D eigenvalue weighted by Gasteiger charge is -2.22. The van der Waals surface area contributed by atoms with Crippen LogP contribution in [-0.4, -0.2) is 8.42 Å². The van der Waals surface area contributed by atoms with Crippen molar-refractivity contribution in [3.05, 3.63) is 58.7 Å². The summed E-state index contributed by atoms with van der Waals surface area (Å²) >= 11 is 0. The van der Waals surface area contributed by atoms with Crippen LogP contribution in [0.4, 0.5) is 0 Å². The molecule has 0 radical (unpaired) electrons. The summed E-state index contributed by atoms with van der Waals surface area (Å²) in [6.07, 6.45) is 0. The predicted octanol–water partition coefficient (Wildman–Crippen LogP) is 6.13. The average Bonchev–Trinajstić information content (AvgIpc) is 2.54. The molecule has 0 unspecified atom stereocenters. The van der Waals surface area contributed by atoms with E-state index in [0.717, 1.165) is 16.7 Å². The van der Waals surface area contributed by atoms with E-state index in [2.05, 4.69) is 53.7 Å². The molecule has 0 aliphatic carbocycles. The van der Waals surface area contributed by atoms with Crippen LogP contribution in [0.1, 0.15) is 81.5 Å². The normalized spacial score (nSPS) is 12.2. The monoisotopic (exact) mass is 374 g/mol. The number of benzene rings is 2. The van der Waals surface area contributed by atoms with Crippen LogP contribution in [0.3, 0.4) is 0 Å². The summed E-state index contributed by atoms with van der Waals surface area (Å²) < 4.78 is 31.4. The maximum atomic E-state index is 12.9. The Hall–Kier alpha value is -1.81. The highest BCUT2D eigenvalue weighted by Gasteiger charge is 2.24. The van der Waals surface area contributed by atoms with Gasteiger partial charge in [0.1, 0.15) is 10.6 Å². The summed E-state index contributed by atoms with van der Waals surface area (Å²) in [4.78, 5) is 0.181. The third-order valence-corrected chi connectivity index (χ3v) is 5.82. The minimum Gasteiger partial charge on any atom is -0.378 e. The van der Waals surface area contributed by atoms with Crippen LogP contribution < -0.4 is 4.18 Å². The van der Waals surface area contributed by atoms with Crippen molar-refractivity contribution in [2.45, 2.75) is 71.1 Å². The molecule has 3 nitrogen and oxygen atoms in total. The molecule has 0 saturated carbocycles. The van der Waals surface area contributed by atoms with Gasteiger partial charge in [-0.3, -0.25) is 0 Å². The molecule has 0 heterocycles. The van der Waals surface area contributed by atoms with Gasteiger partial charge in [0.25, 0.3) is 0 Å². The predicted molar refractivity (Wildman–Crippen MR) is 108 cm³/mol. The van der Waals surface area contributed by atoms with Gasteiger partial charge in [0.05, 0.1) is 0 Å². The third kappa shape index (κ3) is 4.47. The second-order valence-electron chi connectivity index (χ2n) is 7.84. The topological polar surface area (TPSA) is 43.4 Å². The third-order valence-electron chi connectivity index (χ3n) is 4.58. The van der Waals surface area contributed by atoms with Gasteiger partial charge in [0.2, 0.25) is 0 Å². The fourth-order valence-electron chi connectivity index (χ4n) is 2.85. The molecular formula is C22H30O3S. The molecule has 0 aliphatic rings. The molecule has 0 fully saturated rings. The first-order valence-electron chi connectivity index (χ1n) is 9.21. The summed E-state index contributed by atoms with van der Waals surface area (Å²) in [7, 11) is -3.88. The zero-order chi connectivity index (χ0) is 19.6. The summed E-state index contributed by atoms with van der Waals surface area (Å²) in [5.74, 6) is 1.18. The number of hydrogen-bond donors (Lipinski definition) is 0. The van der Waals surface area contributed by atoms with Crippen LogP contribution in [0, 0.1) is 6.92 Å². The molecule has 142 valence electrons. The molecule has 0 aromatic heterocycles. The Morgan fingerprint density at radius 2 is 1.23 bits per heavy atom. The van der Waals surface area contributed by atoms with Gasteiger partial charge in [0, 0.05) is 0 Å². The summed E-state index contributed by atoms with van der Waals surface area (Å²) in [5.41, 5.74) is 4.10. The molecular weight excluding hydrogens is 344 g/mol. The van der Waals surface area contributed by atoms with Crippen LogP contribution in [-0.2, 0) is 10.1 Å². The van der Waals surface area contributed by atoms with Crippen LogP contribution in [0.2, 0.25) is 0 Å². The number of aryl methyl sites for hydroxylation is 1. The van der Waals surface area contributed by atoms with Crippen molar-refractivity contribution < 1.29 is 12.6 Å². The molecule has 0 aliphatic heterocycles. The minimum absolute atomic E-state index is 0.161. The number of hydrogen-bond acceptors (Lipinski definition) is 3. The van der Waals surface area contributed by atoms with Crippen molar-refractivity contribution >= 4 is 10.1 Å². The first-order valence-corrected chi connectivity index (χ1v) is 10.6. The van der Waals surface area contributed by atoms with Crippen LogP contribution in [0.5, 0.6) is 5.75 Å². The van der Waals surface area contributed by atoms with Crippen LogP contribution in [0.15, 0.2) is 41.3 Å². The fraction of sp³-hybridized carbons (Fsp3) is 0.455. The quantitative estimate of drug-likeness (QED) is 0.571. The van der Waals surface area contributed by atoms with E-state index in [1.165, 1.54) is 5.56 Å². The highest BCUT2D eigenvalue weighted by molar-refractivity contribution is 7.87. The van der Waals surface area contributed by atoms with Crippen LogP contribution >= 0.6 is 0 Å². The summed E-state index contributed by atoms with van der Waals surface area (Å²) in [6.45, 7) is 14.5. The van der Waals surface area contributed by atoms with Crippen molar-refractivity contribution in [3.63, 3.8) is 0 Å². The second-order valence-corrected chi connectivity index (χ2v) is 9.39. The van der Waals surface area contributed by atoms with Crippen molar-refractivity contribution in [1.82, 2.24) is 0 Å².